The first kappa shape index (κ1) is 25.2. The molecule has 0 spiro atoms. The third kappa shape index (κ3) is 23.8. The number of rotatable bonds is 0. The SMILES string of the molecule is C[CH-]C.Cl.Cl.[C-]1=CC=CC1.[C-]1=CC=CC1.[Ti+3]. The van der Waals surface area contributed by atoms with Crippen LogP contribution in [0.3, 0.4) is 0 Å². The molecule has 0 amide bonds. The van der Waals surface area contributed by atoms with Crippen molar-refractivity contribution in [2.45, 2.75) is 26.7 Å². The molecule has 0 unspecified atom stereocenters. The Hall–Kier alpha value is 0.254. The third-order valence-corrected chi connectivity index (χ3v) is 1.17. The first-order valence-electron chi connectivity index (χ1n) is 4.59. The van der Waals surface area contributed by atoms with Gasteiger partial charge in [0.25, 0.3) is 0 Å². The Morgan fingerprint density at radius 3 is 1.25 bits per heavy atom. The maximum absolute atomic E-state index is 2.99. The van der Waals surface area contributed by atoms with E-state index in [1.54, 1.807) is 0 Å². The molecule has 89 valence electrons. The number of halogens is 2. The van der Waals surface area contributed by atoms with Crippen LogP contribution in [0.4, 0.5) is 0 Å². The quantitative estimate of drug-likeness (QED) is 0.449. The Kier molecular flexibility index (Phi) is 38.5. The molecule has 0 saturated carbocycles. The second-order valence-corrected chi connectivity index (χ2v) is 2.58. The van der Waals surface area contributed by atoms with Crippen LogP contribution in [0, 0.1) is 18.6 Å². The van der Waals surface area contributed by atoms with Gasteiger partial charge in [0, 0.05) is 0 Å². The number of hydrogen-bond acceptors (Lipinski definition) is 0. The molecule has 0 nitrogen and oxygen atoms in total. The van der Waals surface area contributed by atoms with E-state index in [2.05, 4.69) is 24.3 Å². The van der Waals surface area contributed by atoms with E-state index in [0.717, 1.165) is 12.8 Å². The first-order chi connectivity index (χ1) is 6.41. The minimum atomic E-state index is 0. The number of hydrogen-bond donors (Lipinski definition) is 0. The van der Waals surface area contributed by atoms with E-state index < -0.39 is 0 Å². The van der Waals surface area contributed by atoms with Gasteiger partial charge in [-0.2, -0.15) is 26.0 Å². The Morgan fingerprint density at radius 1 is 0.875 bits per heavy atom. The molecule has 0 N–H and O–H groups in total. The summed E-state index contributed by atoms with van der Waals surface area (Å²) >= 11 is 0. The fraction of sp³-hybridized carbons (Fsp3) is 0.308. The molecule has 16 heavy (non-hydrogen) atoms. The standard InChI is InChI=1S/2C5H5.C3H7.2ClH.Ti/c2*1-2-4-5-3-1;1-3-2;;;/h2*1-3H,4H2;3H,1-2H3;2*1H;/q3*-1;;;+3. The van der Waals surface area contributed by atoms with Gasteiger partial charge in [-0.1, -0.05) is 0 Å². The zero-order chi connectivity index (χ0) is 9.78. The Bertz CT molecular complexity index is 164. The summed E-state index contributed by atoms with van der Waals surface area (Å²) in [6.07, 6.45) is 22.0. The Morgan fingerprint density at radius 2 is 1.19 bits per heavy atom. The van der Waals surface area contributed by atoms with Crippen LogP contribution in [-0.2, 0) is 21.7 Å². The molecule has 0 aliphatic heterocycles. The predicted octanol–water partition coefficient (Wildman–Crippen LogP) is 4.68. The molecule has 2 rings (SSSR count). The van der Waals surface area contributed by atoms with Crippen molar-refractivity contribution >= 4 is 24.8 Å². The average Bonchev–Trinajstić information content (AvgIpc) is 2.85. The largest absolute Gasteiger partial charge is 3.00 e. The van der Waals surface area contributed by atoms with Crippen LogP contribution >= 0.6 is 24.8 Å². The summed E-state index contributed by atoms with van der Waals surface area (Å²) in [4.78, 5) is 0. The van der Waals surface area contributed by atoms with E-state index in [1.807, 2.05) is 44.6 Å². The summed E-state index contributed by atoms with van der Waals surface area (Å²) in [6.45, 7) is 4.00. The molecule has 2 aliphatic carbocycles. The second-order valence-electron chi connectivity index (χ2n) is 2.58. The van der Waals surface area contributed by atoms with Crippen molar-refractivity contribution < 1.29 is 21.7 Å². The fourth-order valence-corrected chi connectivity index (χ4v) is 0.680. The van der Waals surface area contributed by atoms with Crippen molar-refractivity contribution in [2.24, 2.45) is 0 Å². The van der Waals surface area contributed by atoms with Gasteiger partial charge in [0.2, 0.25) is 0 Å². The van der Waals surface area contributed by atoms with Crippen molar-refractivity contribution in [1.29, 1.82) is 0 Å². The van der Waals surface area contributed by atoms with Gasteiger partial charge in [0.1, 0.15) is 0 Å². The predicted molar refractivity (Wildman–Crippen MR) is 73.3 cm³/mol. The molecule has 0 fully saturated rings. The molecule has 0 saturated heterocycles. The topological polar surface area (TPSA) is 0 Å². The van der Waals surface area contributed by atoms with Crippen LogP contribution in [0.25, 0.3) is 0 Å². The van der Waals surface area contributed by atoms with Gasteiger partial charge in [0.05, 0.1) is 0 Å². The second kappa shape index (κ2) is 24.5. The zero-order valence-electron chi connectivity index (χ0n) is 9.77. The van der Waals surface area contributed by atoms with Crippen molar-refractivity contribution in [3.8, 4) is 0 Å². The van der Waals surface area contributed by atoms with Gasteiger partial charge in [-0.05, 0) is 0 Å². The molecule has 0 heterocycles. The van der Waals surface area contributed by atoms with Gasteiger partial charge in [-0.3, -0.25) is 12.2 Å². The number of allylic oxidation sites excluding steroid dienone is 8. The van der Waals surface area contributed by atoms with E-state index in [4.69, 9.17) is 0 Å². The summed E-state index contributed by atoms with van der Waals surface area (Å²) in [7, 11) is 0. The van der Waals surface area contributed by atoms with Gasteiger partial charge in [-0.25, -0.2) is 24.3 Å². The van der Waals surface area contributed by atoms with Crippen LogP contribution in [-0.4, -0.2) is 0 Å². The molecular formula is C13H19Cl2Ti. The maximum atomic E-state index is 2.99. The molecule has 0 aromatic carbocycles. The maximum Gasteiger partial charge on any atom is 3.00 e. The molecule has 3 heteroatoms. The first-order valence-corrected chi connectivity index (χ1v) is 4.59. The molecule has 0 atom stereocenters. The van der Waals surface area contributed by atoms with E-state index in [9.17, 15) is 0 Å². The van der Waals surface area contributed by atoms with Crippen LogP contribution in [0.5, 0.6) is 0 Å². The van der Waals surface area contributed by atoms with E-state index in [0.29, 0.717) is 0 Å². The Balaban J connectivity index is -0.0000000638. The van der Waals surface area contributed by atoms with Gasteiger partial charge in [-0.15, -0.1) is 37.7 Å². The summed E-state index contributed by atoms with van der Waals surface area (Å²) in [6, 6.07) is 0. The zero-order valence-corrected chi connectivity index (χ0v) is 13.0. The summed E-state index contributed by atoms with van der Waals surface area (Å²) in [5, 5.41) is 0. The minimum absolute atomic E-state index is 0. The summed E-state index contributed by atoms with van der Waals surface area (Å²) in [5.74, 6) is 0. The van der Waals surface area contributed by atoms with E-state index in [-0.39, 0.29) is 46.5 Å². The van der Waals surface area contributed by atoms with Crippen molar-refractivity contribution in [1.82, 2.24) is 0 Å². The summed E-state index contributed by atoms with van der Waals surface area (Å²) in [5.41, 5.74) is 0. The van der Waals surface area contributed by atoms with Crippen molar-refractivity contribution in [3.05, 3.63) is 55.0 Å². The van der Waals surface area contributed by atoms with E-state index in [1.165, 1.54) is 0 Å². The molecule has 1 radical (unpaired) electrons. The normalized spacial score (nSPS) is 12.1. The van der Waals surface area contributed by atoms with Crippen molar-refractivity contribution in [3.63, 3.8) is 0 Å². The van der Waals surface area contributed by atoms with Crippen LogP contribution in [0.2, 0.25) is 0 Å². The van der Waals surface area contributed by atoms with Gasteiger partial charge < -0.3 is 6.42 Å². The Labute approximate surface area is 128 Å². The van der Waals surface area contributed by atoms with Gasteiger partial charge in [0.15, 0.2) is 0 Å². The summed E-state index contributed by atoms with van der Waals surface area (Å²) < 4.78 is 0. The monoisotopic (exact) mass is 293 g/mol. The van der Waals surface area contributed by atoms with Crippen molar-refractivity contribution in [2.75, 3.05) is 0 Å². The smallest absolute Gasteiger partial charge is 0.335 e. The molecule has 0 aromatic rings. The average molecular weight is 294 g/mol. The van der Waals surface area contributed by atoms with Gasteiger partial charge >= 0.3 is 21.7 Å². The molecular weight excluding hydrogens is 275 g/mol. The van der Waals surface area contributed by atoms with Crippen LogP contribution in [0.15, 0.2) is 36.5 Å². The minimum Gasteiger partial charge on any atom is -0.335 e. The third-order valence-electron chi connectivity index (χ3n) is 1.17. The van der Waals surface area contributed by atoms with Crippen LogP contribution in [0.1, 0.15) is 26.7 Å². The van der Waals surface area contributed by atoms with Crippen LogP contribution < -0.4 is 0 Å². The molecule has 2 aliphatic rings. The molecule has 0 aromatic heterocycles. The van der Waals surface area contributed by atoms with E-state index >= 15 is 0 Å². The molecule has 0 bridgehead atoms. The fourth-order valence-electron chi connectivity index (χ4n) is 0.680.